The van der Waals surface area contributed by atoms with Gasteiger partial charge >= 0.3 is 57.4 Å². The molecular formula is C27H43KO3-2. The Morgan fingerprint density at radius 1 is 1.16 bits per heavy atom. The van der Waals surface area contributed by atoms with Gasteiger partial charge in [-0.15, -0.1) is 0 Å². The first kappa shape index (κ1) is 35.4. The van der Waals surface area contributed by atoms with Gasteiger partial charge in [-0.1, -0.05) is 58.1 Å². The van der Waals surface area contributed by atoms with Crippen molar-refractivity contribution in [2.45, 2.75) is 67.2 Å². The van der Waals surface area contributed by atoms with E-state index in [2.05, 4.69) is 65.0 Å². The maximum atomic E-state index is 10.2. The third-order valence-corrected chi connectivity index (χ3v) is 3.83. The second kappa shape index (κ2) is 22.9. The molecule has 0 aromatic heterocycles. The van der Waals surface area contributed by atoms with Crippen molar-refractivity contribution >= 4 is 5.97 Å². The van der Waals surface area contributed by atoms with Crippen molar-refractivity contribution in [3.63, 3.8) is 0 Å². The van der Waals surface area contributed by atoms with Gasteiger partial charge in [0.1, 0.15) is 0 Å². The number of benzene rings is 1. The van der Waals surface area contributed by atoms with Crippen molar-refractivity contribution in [3.8, 4) is 0 Å². The zero-order valence-corrected chi connectivity index (χ0v) is 24.3. The summed E-state index contributed by atoms with van der Waals surface area (Å²) in [6, 6.07) is 10.8. The second-order valence-electron chi connectivity index (χ2n) is 7.87. The standard InChI is InChI=1S/C10H16.C7H7.C5H10O2.C5H10O.K/c1-8-5-9(2)7-10(3,4)6-8;1-7-5-3-2-4-6-7;1-3-5(6)7-4-2;1-3-5-6-4-2;/h5H,1,6-7H2,2-4H3;3-6H,1H3;3-4H2,1-2H3;1-5H2;/q;-1;;-2;+1. The first-order valence-electron chi connectivity index (χ1n) is 10.7. The maximum Gasteiger partial charge on any atom is 1.00 e. The third kappa shape index (κ3) is 25.9. The Morgan fingerprint density at radius 2 is 1.74 bits per heavy atom. The van der Waals surface area contributed by atoms with Crippen LogP contribution in [-0.4, -0.2) is 25.8 Å². The van der Waals surface area contributed by atoms with E-state index in [0.29, 0.717) is 25.0 Å². The van der Waals surface area contributed by atoms with Crippen LogP contribution in [0.5, 0.6) is 0 Å². The Morgan fingerprint density at radius 3 is 2.00 bits per heavy atom. The average molecular weight is 455 g/mol. The van der Waals surface area contributed by atoms with Gasteiger partial charge in [0.15, 0.2) is 0 Å². The summed E-state index contributed by atoms with van der Waals surface area (Å²) in [5, 5.41) is 0. The number of hydrogen-bond acceptors (Lipinski definition) is 3. The molecule has 0 amide bonds. The molecule has 3 nitrogen and oxygen atoms in total. The Bertz CT molecular complexity index is 588. The molecule has 0 atom stereocenters. The molecule has 0 fully saturated rings. The number of allylic oxidation sites excluding steroid dienone is 3. The van der Waals surface area contributed by atoms with E-state index in [0.717, 1.165) is 19.4 Å². The van der Waals surface area contributed by atoms with Gasteiger partial charge in [0.05, 0.1) is 6.61 Å². The van der Waals surface area contributed by atoms with Crippen LogP contribution in [-0.2, 0) is 14.3 Å². The van der Waals surface area contributed by atoms with Crippen LogP contribution in [0.25, 0.3) is 0 Å². The number of rotatable bonds is 5. The van der Waals surface area contributed by atoms with E-state index in [-0.39, 0.29) is 57.4 Å². The average Bonchev–Trinajstić information content (AvgIpc) is 2.66. The summed E-state index contributed by atoms with van der Waals surface area (Å²) in [7, 11) is 0. The van der Waals surface area contributed by atoms with Crippen LogP contribution in [0.2, 0.25) is 0 Å². The SMILES string of the molecule is C=C1C=C(C)CC(C)(C)C1.CCOC(=O)CC.Cc1cc[c-]cc1.[CH2-]CCOC[CH2-].[K+]. The molecule has 0 heterocycles. The van der Waals surface area contributed by atoms with Gasteiger partial charge in [-0.05, 0) is 32.1 Å². The molecule has 0 bridgehead atoms. The molecule has 0 unspecified atom stereocenters. The van der Waals surface area contributed by atoms with Gasteiger partial charge in [-0.3, -0.25) is 4.79 Å². The molecule has 0 saturated heterocycles. The molecule has 1 aromatic carbocycles. The monoisotopic (exact) mass is 454 g/mol. The molecule has 2 rings (SSSR count). The van der Waals surface area contributed by atoms with Gasteiger partial charge in [-0.2, -0.15) is 42.3 Å². The maximum absolute atomic E-state index is 10.2. The second-order valence-corrected chi connectivity index (χ2v) is 7.87. The molecule has 0 N–H and O–H groups in total. The van der Waals surface area contributed by atoms with Gasteiger partial charge in [0.25, 0.3) is 0 Å². The van der Waals surface area contributed by atoms with Crippen molar-refractivity contribution in [2.24, 2.45) is 5.41 Å². The van der Waals surface area contributed by atoms with Crippen molar-refractivity contribution in [2.75, 3.05) is 19.8 Å². The zero-order chi connectivity index (χ0) is 23.4. The largest absolute Gasteiger partial charge is 1.00 e. The minimum Gasteiger partial charge on any atom is -0.466 e. The molecule has 0 radical (unpaired) electrons. The van der Waals surface area contributed by atoms with Crippen molar-refractivity contribution in [1.82, 2.24) is 0 Å². The number of aryl methyl sites for hydroxylation is 1. The summed E-state index contributed by atoms with van der Waals surface area (Å²) >= 11 is 0. The summed E-state index contributed by atoms with van der Waals surface area (Å²) in [5.41, 5.74) is 4.50. The van der Waals surface area contributed by atoms with Crippen LogP contribution >= 0.6 is 0 Å². The third-order valence-electron chi connectivity index (χ3n) is 3.83. The van der Waals surface area contributed by atoms with Gasteiger partial charge in [-0.25, -0.2) is 0 Å². The van der Waals surface area contributed by atoms with Crippen LogP contribution < -0.4 is 51.4 Å². The van der Waals surface area contributed by atoms with Gasteiger partial charge in [0.2, 0.25) is 0 Å². The van der Waals surface area contributed by atoms with Crippen molar-refractivity contribution in [3.05, 3.63) is 73.5 Å². The van der Waals surface area contributed by atoms with E-state index in [4.69, 9.17) is 4.74 Å². The van der Waals surface area contributed by atoms with E-state index in [1.54, 1.807) is 13.8 Å². The number of ether oxygens (including phenoxy) is 2. The van der Waals surface area contributed by atoms with Crippen LogP contribution in [0, 0.1) is 32.3 Å². The van der Waals surface area contributed by atoms with Crippen molar-refractivity contribution < 1.29 is 65.7 Å². The molecule has 172 valence electrons. The predicted octanol–water partition coefficient (Wildman–Crippen LogP) is 4.13. The Balaban J connectivity index is -0.000000341. The summed E-state index contributed by atoms with van der Waals surface area (Å²) < 4.78 is 9.36. The number of carbonyl (C=O) groups excluding carboxylic acids is 1. The van der Waals surface area contributed by atoms with Crippen LogP contribution in [0.1, 0.15) is 65.9 Å². The van der Waals surface area contributed by atoms with E-state index < -0.39 is 0 Å². The summed E-state index contributed by atoms with van der Waals surface area (Å²) in [6.07, 6.45) is 5.92. The zero-order valence-electron chi connectivity index (χ0n) is 21.2. The first-order valence-corrected chi connectivity index (χ1v) is 10.7. The Labute approximate surface area is 235 Å². The van der Waals surface area contributed by atoms with Crippen molar-refractivity contribution in [1.29, 1.82) is 0 Å². The molecular weight excluding hydrogens is 411 g/mol. The molecule has 0 spiro atoms. The van der Waals surface area contributed by atoms with Gasteiger partial charge in [0, 0.05) is 13.0 Å². The van der Waals surface area contributed by atoms with Crippen LogP contribution in [0.3, 0.4) is 0 Å². The number of hydrogen-bond donors (Lipinski definition) is 0. The Hall–Kier alpha value is -0.234. The fraction of sp³-hybridized carbons (Fsp3) is 0.519. The van der Waals surface area contributed by atoms with E-state index in [9.17, 15) is 4.79 Å². The van der Waals surface area contributed by atoms with Gasteiger partial charge < -0.3 is 23.3 Å². The molecule has 31 heavy (non-hydrogen) atoms. The fourth-order valence-electron chi connectivity index (χ4n) is 2.82. The van der Waals surface area contributed by atoms with Crippen LogP contribution in [0.15, 0.2) is 48.1 Å². The topological polar surface area (TPSA) is 35.5 Å². The molecule has 1 aromatic rings. The molecule has 1 aliphatic rings. The quantitative estimate of drug-likeness (QED) is 0.290. The molecule has 0 saturated carbocycles. The normalized spacial score (nSPS) is 13.4. The minimum absolute atomic E-state index is 0. The molecule has 0 aliphatic heterocycles. The number of esters is 1. The summed E-state index contributed by atoms with van der Waals surface area (Å²) in [4.78, 5) is 10.2. The molecule has 4 heteroatoms. The fourth-order valence-corrected chi connectivity index (χ4v) is 2.82. The van der Waals surface area contributed by atoms with Crippen LogP contribution in [0.4, 0.5) is 0 Å². The summed E-state index contributed by atoms with van der Waals surface area (Å²) in [6.45, 7) is 25.3. The smallest absolute Gasteiger partial charge is 0.466 e. The number of carbonyl (C=O) groups is 1. The minimum atomic E-state index is -0.123. The Kier molecular flexibility index (Phi) is 26.2. The van der Waals surface area contributed by atoms with E-state index in [1.165, 1.54) is 23.1 Å². The molecule has 1 aliphatic carbocycles. The van der Waals surface area contributed by atoms with E-state index in [1.807, 2.05) is 24.3 Å². The van der Waals surface area contributed by atoms with E-state index >= 15 is 0 Å². The summed E-state index contributed by atoms with van der Waals surface area (Å²) in [5.74, 6) is -0.123. The predicted molar refractivity (Wildman–Crippen MR) is 129 cm³/mol. The first-order chi connectivity index (χ1) is 14.1.